The molecule has 2 atom stereocenters. The minimum atomic E-state index is -0.404. The molecular weight excluding hydrogens is 266 g/mol. The van der Waals surface area contributed by atoms with E-state index >= 15 is 0 Å². The van der Waals surface area contributed by atoms with E-state index in [0.717, 1.165) is 25.1 Å². The second-order valence-corrected chi connectivity index (χ2v) is 5.12. The lowest BCUT2D eigenvalue weighted by Crippen LogP contribution is -2.38. The summed E-state index contributed by atoms with van der Waals surface area (Å²) in [5.41, 5.74) is 0. The number of hydrogen-bond acceptors (Lipinski definition) is 5. The molecule has 0 spiro atoms. The molecule has 0 aromatic carbocycles. The van der Waals surface area contributed by atoms with E-state index < -0.39 is 6.10 Å². The molecule has 1 aromatic heterocycles. The Morgan fingerprint density at radius 2 is 2.19 bits per heavy atom. The molecule has 1 N–H and O–H groups in total. The number of aliphatic hydroxyl groups excluding tert-OH is 1. The van der Waals surface area contributed by atoms with Crippen molar-refractivity contribution in [2.24, 2.45) is 0 Å². The van der Waals surface area contributed by atoms with Gasteiger partial charge in [-0.2, -0.15) is 0 Å². The van der Waals surface area contributed by atoms with E-state index in [1.54, 1.807) is 12.4 Å². The first kappa shape index (κ1) is 15.5. The average Bonchev–Trinajstić information content (AvgIpc) is 2.96. The number of anilines is 1. The lowest BCUT2D eigenvalue weighted by atomic mass is 10.1. The van der Waals surface area contributed by atoms with Gasteiger partial charge >= 0.3 is 0 Å². The van der Waals surface area contributed by atoms with Crippen molar-refractivity contribution in [3.63, 3.8) is 0 Å². The highest BCUT2D eigenvalue weighted by Crippen LogP contribution is 2.32. The molecule has 1 aliphatic rings. The highest BCUT2D eigenvalue weighted by atomic mass is 16.5. The summed E-state index contributed by atoms with van der Waals surface area (Å²) in [6, 6.07) is 0.0693. The number of rotatable bonds is 5. The second kappa shape index (κ2) is 7.22. The number of nitrogens with zero attached hydrogens (tertiary/aromatic N) is 3. The van der Waals surface area contributed by atoms with Crippen molar-refractivity contribution in [1.29, 1.82) is 0 Å². The Balaban J connectivity index is 2.28. The van der Waals surface area contributed by atoms with Crippen LogP contribution in [-0.2, 0) is 0 Å². The zero-order valence-electron chi connectivity index (χ0n) is 12.9. The molecule has 1 aliphatic heterocycles. The van der Waals surface area contributed by atoms with Crippen LogP contribution in [0.25, 0.3) is 0 Å². The predicted molar refractivity (Wildman–Crippen MR) is 83.3 cm³/mol. The van der Waals surface area contributed by atoms with Crippen molar-refractivity contribution >= 4 is 5.82 Å². The fourth-order valence-electron chi connectivity index (χ4n) is 2.61. The molecule has 2 heterocycles. The lowest BCUT2D eigenvalue weighted by molar-refractivity contribution is 0.164. The third-order valence-electron chi connectivity index (χ3n) is 3.60. The maximum atomic E-state index is 9.93. The standard InChI is InChI=1S/C16H23N3O2/c1-4-7-13(5-2)21-16-15(17-9-10-18-16)19-11-6-8-14(19)12(3)20/h4-5,7,9-10,12,14,20H,6,8,11H2,1-3H3. The Morgan fingerprint density at radius 1 is 1.43 bits per heavy atom. The Kier molecular flexibility index (Phi) is 5.33. The molecule has 1 fully saturated rings. The summed E-state index contributed by atoms with van der Waals surface area (Å²) in [7, 11) is 0. The van der Waals surface area contributed by atoms with Gasteiger partial charge in [0.1, 0.15) is 5.76 Å². The normalized spacial score (nSPS) is 21.0. The molecule has 2 rings (SSSR count). The predicted octanol–water partition coefficient (Wildman–Crippen LogP) is 2.68. The lowest BCUT2D eigenvalue weighted by Gasteiger charge is -2.28. The van der Waals surface area contributed by atoms with Gasteiger partial charge in [0.15, 0.2) is 5.82 Å². The maximum Gasteiger partial charge on any atom is 0.263 e. The van der Waals surface area contributed by atoms with Crippen LogP contribution in [0.2, 0.25) is 0 Å². The van der Waals surface area contributed by atoms with Gasteiger partial charge in [0.25, 0.3) is 5.88 Å². The van der Waals surface area contributed by atoms with E-state index in [9.17, 15) is 5.11 Å². The summed E-state index contributed by atoms with van der Waals surface area (Å²) in [5, 5.41) is 9.93. The molecule has 5 nitrogen and oxygen atoms in total. The van der Waals surface area contributed by atoms with E-state index in [-0.39, 0.29) is 6.04 Å². The van der Waals surface area contributed by atoms with Crippen LogP contribution in [0.4, 0.5) is 5.82 Å². The van der Waals surface area contributed by atoms with Gasteiger partial charge in [0.05, 0.1) is 12.1 Å². The van der Waals surface area contributed by atoms with Crippen LogP contribution in [0.5, 0.6) is 5.88 Å². The first-order valence-corrected chi connectivity index (χ1v) is 7.40. The van der Waals surface area contributed by atoms with E-state index in [2.05, 4.69) is 14.9 Å². The van der Waals surface area contributed by atoms with Gasteiger partial charge in [-0.1, -0.05) is 6.08 Å². The fourth-order valence-corrected chi connectivity index (χ4v) is 2.61. The summed E-state index contributed by atoms with van der Waals surface area (Å²) in [6.45, 7) is 6.53. The van der Waals surface area contributed by atoms with Crippen LogP contribution in [0.3, 0.4) is 0 Å². The number of hydrogen-bond donors (Lipinski definition) is 1. The summed E-state index contributed by atoms with van der Waals surface area (Å²) in [6.07, 6.45) is 10.6. The first-order chi connectivity index (χ1) is 10.2. The van der Waals surface area contributed by atoms with Gasteiger partial charge in [-0.25, -0.2) is 9.97 Å². The third kappa shape index (κ3) is 3.61. The summed E-state index contributed by atoms with van der Waals surface area (Å²) in [5.74, 6) is 1.91. The molecule has 0 aliphatic carbocycles. The minimum absolute atomic E-state index is 0.0693. The summed E-state index contributed by atoms with van der Waals surface area (Å²) < 4.78 is 5.85. The zero-order chi connectivity index (χ0) is 15.2. The SMILES string of the molecule is CC=CC(=CC)Oc1nccnc1N1CCCC1C(C)O. The number of aliphatic hydroxyl groups is 1. The smallest absolute Gasteiger partial charge is 0.263 e. The Bertz CT molecular complexity index is 526. The van der Waals surface area contributed by atoms with E-state index in [1.165, 1.54) is 0 Å². The minimum Gasteiger partial charge on any atom is -0.436 e. The van der Waals surface area contributed by atoms with Crippen molar-refractivity contribution in [3.8, 4) is 5.88 Å². The molecule has 0 amide bonds. The molecular formula is C16H23N3O2. The van der Waals surface area contributed by atoms with E-state index in [4.69, 9.17) is 4.74 Å². The molecule has 2 unspecified atom stereocenters. The second-order valence-electron chi connectivity index (χ2n) is 5.12. The molecule has 0 saturated carbocycles. The van der Waals surface area contributed by atoms with Crippen molar-refractivity contribution in [1.82, 2.24) is 9.97 Å². The van der Waals surface area contributed by atoms with Gasteiger partial charge in [-0.05, 0) is 45.8 Å². The molecule has 114 valence electrons. The van der Waals surface area contributed by atoms with Crippen LogP contribution in [-0.4, -0.2) is 33.8 Å². The molecule has 1 saturated heterocycles. The van der Waals surface area contributed by atoms with Gasteiger partial charge in [-0.3, -0.25) is 0 Å². The molecule has 5 heteroatoms. The van der Waals surface area contributed by atoms with Crippen LogP contribution in [0, 0.1) is 0 Å². The highest BCUT2D eigenvalue weighted by Gasteiger charge is 2.31. The number of allylic oxidation sites excluding steroid dienone is 3. The van der Waals surface area contributed by atoms with E-state index in [0.29, 0.717) is 11.7 Å². The first-order valence-electron chi connectivity index (χ1n) is 7.40. The number of ether oxygens (including phenoxy) is 1. The highest BCUT2D eigenvalue weighted by molar-refractivity contribution is 5.51. The van der Waals surface area contributed by atoms with Gasteiger partial charge in [0, 0.05) is 18.9 Å². The third-order valence-corrected chi connectivity index (χ3v) is 3.60. The molecule has 0 radical (unpaired) electrons. The molecule has 21 heavy (non-hydrogen) atoms. The van der Waals surface area contributed by atoms with Gasteiger partial charge < -0.3 is 14.7 Å². The molecule has 0 bridgehead atoms. The van der Waals surface area contributed by atoms with Crippen molar-refractivity contribution in [3.05, 3.63) is 36.4 Å². The number of aromatic nitrogens is 2. The average molecular weight is 289 g/mol. The topological polar surface area (TPSA) is 58.5 Å². The summed E-state index contributed by atoms with van der Waals surface area (Å²) in [4.78, 5) is 10.8. The van der Waals surface area contributed by atoms with Gasteiger partial charge in [-0.15, -0.1) is 0 Å². The summed E-state index contributed by atoms with van der Waals surface area (Å²) >= 11 is 0. The van der Waals surface area contributed by atoms with Crippen LogP contribution in [0.15, 0.2) is 36.4 Å². The fraction of sp³-hybridized carbons (Fsp3) is 0.500. The van der Waals surface area contributed by atoms with Crippen LogP contribution in [0.1, 0.15) is 33.6 Å². The maximum absolute atomic E-state index is 9.93. The van der Waals surface area contributed by atoms with Crippen molar-refractivity contribution in [2.45, 2.75) is 45.8 Å². The largest absolute Gasteiger partial charge is 0.436 e. The van der Waals surface area contributed by atoms with Gasteiger partial charge in [0.2, 0.25) is 0 Å². The van der Waals surface area contributed by atoms with Crippen LogP contribution >= 0.6 is 0 Å². The van der Waals surface area contributed by atoms with Crippen molar-refractivity contribution in [2.75, 3.05) is 11.4 Å². The monoisotopic (exact) mass is 289 g/mol. The Labute approximate surface area is 126 Å². The zero-order valence-corrected chi connectivity index (χ0v) is 12.9. The van der Waals surface area contributed by atoms with Crippen LogP contribution < -0.4 is 9.64 Å². The Hall–Kier alpha value is -1.88. The quantitative estimate of drug-likeness (QED) is 0.667. The van der Waals surface area contributed by atoms with E-state index in [1.807, 2.05) is 39.0 Å². The Morgan fingerprint density at radius 3 is 2.86 bits per heavy atom. The van der Waals surface area contributed by atoms with Crippen molar-refractivity contribution < 1.29 is 9.84 Å². The molecule has 1 aromatic rings.